The van der Waals surface area contributed by atoms with Gasteiger partial charge in [-0.2, -0.15) is 0 Å². The lowest BCUT2D eigenvalue weighted by Crippen LogP contribution is -2.32. The Morgan fingerprint density at radius 2 is 2.06 bits per heavy atom. The summed E-state index contributed by atoms with van der Waals surface area (Å²) in [5.74, 6) is 0. The first-order chi connectivity index (χ1) is 7.22. The van der Waals surface area contributed by atoms with Crippen LogP contribution in [0.15, 0.2) is 11.8 Å². The van der Waals surface area contributed by atoms with Gasteiger partial charge in [0.1, 0.15) is 5.60 Å². The lowest BCUT2D eigenvalue weighted by atomic mass is 10.2. The quantitative estimate of drug-likeness (QED) is 0.455. The zero-order valence-electron chi connectivity index (χ0n) is 10.1. The molecule has 0 bridgehead atoms. The molecule has 1 amide bonds. The summed E-state index contributed by atoms with van der Waals surface area (Å²) in [7, 11) is 0. The highest BCUT2D eigenvalue weighted by atomic mass is 16.6. The van der Waals surface area contributed by atoms with Crippen molar-refractivity contribution in [3.8, 4) is 0 Å². The topological polar surface area (TPSA) is 81.5 Å². The van der Waals surface area contributed by atoms with Gasteiger partial charge in [-0.05, 0) is 33.3 Å². The van der Waals surface area contributed by atoms with Crippen molar-refractivity contribution in [1.82, 2.24) is 5.32 Å². The molecule has 0 aliphatic rings. The molecule has 0 atom stereocenters. The Morgan fingerprint density at radius 3 is 2.50 bits per heavy atom. The highest BCUT2D eigenvalue weighted by molar-refractivity contribution is 5.67. The minimum atomic E-state index is -0.531. The smallest absolute Gasteiger partial charge is 0.407 e. The summed E-state index contributed by atoms with van der Waals surface area (Å²) >= 11 is 0. The third kappa shape index (κ3) is 7.78. The van der Waals surface area contributed by atoms with Crippen molar-refractivity contribution in [3.05, 3.63) is 21.9 Å². The van der Waals surface area contributed by atoms with Crippen LogP contribution in [0.25, 0.3) is 0 Å². The van der Waals surface area contributed by atoms with E-state index in [0.717, 1.165) is 0 Å². The van der Waals surface area contributed by atoms with Gasteiger partial charge in [-0.1, -0.05) is 0 Å². The number of nitro groups is 1. The Labute approximate surface area is 94.8 Å². The van der Waals surface area contributed by atoms with Crippen molar-refractivity contribution < 1.29 is 14.5 Å². The van der Waals surface area contributed by atoms with E-state index >= 15 is 0 Å². The van der Waals surface area contributed by atoms with E-state index < -0.39 is 16.6 Å². The van der Waals surface area contributed by atoms with Crippen LogP contribution in [0.5, 0.6) is 0 Å². The van der Waals surface area contributed by atoms with Crippen molar-refractivity contribution >= 4 is 6.09 Å². The second-order valence-electron chi connectivity index (χ2n) is 4.32. The van der Waals surface area contributed by atoms with Crippen LogP contribution in [0.3, 0.4) is 0 Å². The van der Waals surface area contributed by atoms with E-state index in [1.165, 1.54) is 13.0 Å². The molecule has 0 rings (SSSR count). The third-order valence-corrected chi connectivity index (χ3v) is 1.54. The molecule has 6 nitrogen and oxygen atoms in total. The van der Waals surface area contributed by atoms with E-state index in [2.05, 4.69) is 5.32 Å². The minimum absolute atomic E-state index is 0.0750. The van der Waals surface area contributed by atoms with Crippen molar-refractivity contribution in [3.63, 3.8) is 0 Å². The van der Waals surface area contributed by atoms with E-state index in [1.807, 2.05) is 0 Å². The van der Waals surface area contributed by atoms with Crippen LogP contribution in [-0.4, -0.2) is 23.2 Å². The fraction of sp³-hybridized carbons (Fsp3) is 0.700. The molecule has 0 saturated heterocycles. The number of hydrogen-bond acceptors (Lipinski definition) is 4. The number of nitrogens with zero attached hydrogens (tertiary/aromatic N) is 1. The number of carbonyl (C=O) groups excluding carboxylic acids is 1. The zero-order chi connectivity index (χ0) is 12.8. The second-order valence-corrected chi connectivity index (χ2v) is 4.32. The largest absolute Gasteiger partial charge is 0.444 e. The van der Waals surface area contributed by atoms with E-state index in [4.69, 9.17) is 4.74 Å². The predicted octanol–water partition coefficient (Wildman–Crippen LogP) is 2.08. The molecule has 0 aliphatic carbocycles. The second kappa shape index (κ2) is 6.09. The first kappa shape index (κ1) is 14.4. The molecule has 0 aliphatic heterocycles. The van der Waals surface area contributed by atoms with Gasteiger partial charge in [0.25, 0.3) is 0 Å². The molecule has 0 radical (unpaired) electrons. The lowest BCUT2D eigenvalue weighted by molar-refractivity contribution is -0.424. The number of nitrogens with one attached hydrogen (secondary N) is 1. The van der Waals surface area contributed by atoms with Crippen LogP contribution < -0.4 is 5.32 Å². The number of amides is 1. The summed E-state index contributed by atoms with van der Waals surface area (Å²) in [4.78, 5) is 20.9. The Morgan fingerprint density at radius 1 is 1.50 bits per heavy atom. The molecule has 92 valence electrons. The summed E-state index contributed by atoms with van der Waals surface area (Å²) in [5.41, 5.74) is -0.456. The normalized spacial score (nSPS) is 12.1. The fourth-order valence-corrected chi connectivity index (χ4v) is 0.844. The Balaban J connectivity index is 3.80. The van der Waals surface area contributed by atoms with Gasteiger partial charge in [-0.15, -0.1) is 0 Å². The summed E-state index contributed by atoms with van der Waals surface area (Å²) < 4.78 is 4.99. The van der Waals surface area contributed by atoms with Crippen molar-refractivity contribution in [2.75, 3.05) is 6.54 Å². The molecule has 6 heteroatoms. The van der Waals surface area contributed by atoms with Crippen LogP contribution >= 0.6 is 0 Å². The van der Waals surface area contributed by atoms with Crippen molar-refractivity contribution in [2.24, 2.45) is 0 Å². The maximum atomic E-state index is 11.1. The van der Waals surface area contributed by atoms with Gasteiger partial charge >= 0.3 is 6.09 Å². The van der Waals surface area contributed by atoms with Gasteiger partial charge in [-0.3, -0.25) is 10.1 Å². The van der Waals surface area contributed by atoms with Crippen LogP contribution in [-0.2, 0) is 4.74 Å². The predicted molar refractivity (Wildman–Crippen MR) is 59.6 cm³/mol. The molecule has 0 saturated carbocycles. The Bertz CT molecular complexity index is 292. The third-order valence-electron chi connectivity index (χ3n) is 1.54. The molecule has 0 aromatic carbocycles. The summed E-state index contributed by atoms with van der Waals surface area (Å²) in [6, 6.07) is 0. The maximum absolute atomic E-state index is 11.1. The molecule has 0 fully saturated rings. The molecular formula is C10H18N2O4. The van der Waals surface area contributed by atoms with Gasteiger partial charge in [0.15, 0.2) is 0 Å². The van der Waals surface area contributed by atoms with Crippen LogP contribution in [0, 0.1) is 10.1 Å². The number of hydrogen-bond donors (Lipinski definition) is 1. The molecule has 1 N–H and O–H groups in total. The molecule has 0 aromatic rings. The highest BCUT2D eigenvalue weighted by Gasteiger charge is 2.15. The number of allylic oxidation sites excluding steroid dienone is 1. The number of rotatable bonds is 4. The molecule has 0 unspecified atom stereocenters. The first-order valence-electron chi connectivity index (χ1n) is 5.00. The number of ether oxygens (including phenoxy) is 1. The average Bonchev–Trinajstić information content (AvgIpc) is 2.08. The highest BCUT2D eigenvalue weighted by Crippen LogP contribution is 2.06. The van der Waals surface area contributed by atoms with Crippen LogP contribution in [0.1, 0.15) is 34.1 Å². The van der Waals surface area contributed by atoms with Gasteiger partial charge in [-0.25, -0.2) is 4.79 Å². The summed E-state index contributed by atoms with van der Waals surface area (Å²) in [5, 5.41) is 12.7. The molecule has 0 heterocycles. The maximum Gasteiger partial charge on any atom is 0.407 e. The standard InChI is InChI=1S/C10H18N2O4/c1-8(12(14)15)6-5-7-11-9(13)16-10(2,3)4/h6H,5,7H2,1-4H3,(H,11,13)/b8-6-. The molecule has 0 aromatic heterocycles. The molecule has 16 heavy (non-hydrogen) atoms. The first-order valence-corrected chi connectivity index (χ1v) is 5.00. The van der Waals surface area contributed by atoms with E-state index in [0.29, 0.717) is 13.0 Å². The fourth-order valence-electron chi connectivity index (χ4n) is 0.844. The van der Waals surface area contributed by atoms with Gasteiger partial charge in [0.05, 0.1) is 4.92 Å². The van der Waals surface area contributed by atoms with Crippen molar-refractivity contribution in [2.45, 2.75) is 39.7 Å². The molecular weight excluding hydrogens is 212 g/mol. The van der Waals surface area contributed by atoms with E-state index in [1.54, 1.807) is 20.8 Å². The zero-order valence-corrected chi connectivity index (χ0v) is 10.1. The van der Waals surface area contributed by atoms with Gasteiger partial charge < -0.3 is 10.1 Å². The van der Waals surface area contributed by atoms with Gasteiger partial charge in [0.2, 0.25) is 5.70 Å². The molecule has 0 spiro atoms. The average molecular weight is 230 g/mol. The Kier molecular flexibility index (Phi) is 5.49. The number of carbonyl (C=O) groups is 1. The summed E-state index contributed by atoms with van der Waals surface area (Å²) in [6.07, 6.45) is 1.35. The lowest BCUT2D eigenvalue weighted by Gasteiger charge is -2.19. The van der Waals surface area contributed by atoms with Crippen LogP contribution in [0.2, 0.25) is 0 Å². The van der Waals surface area contributed by atoms with Crippen molar-refractivity contribution in [1.29, 1.82) is 0 Å². The van der Waals surface area contributed by atoms with E-state index in [9.17, 15) is 14.9 Å². The summed E-state index contributed by atoms with van der Waals surface area (Å²) in [6.45, 7) is 7.03. The Hall–Kier alpha value is -1.59. The minimum Gasteiger partial charge on any atom is -0.444 e. The SMILES string of the molecule is C/C(=C/CCNC(=O)OC(C)(C)C)[N+](=O)[O-]. The van der Waals surface area contributed by atoms with Gasteiger partial charge in [0, 0.05) is 13.5 Å². The van der Waals surface area contributed by atoms with E-state index in [-0.39, 0.29) is 5.70 Å². The van der Waals surface area contributed by atoms with Crippen LogP contribution in [0.4, 0.5) is 4.79 Å². The monoisotopic (exact) mass is 230 g/mol. The number of alkyl carbamates (subject to hydrolysis) is 1.